The number of aliphatic carboxylic acids is 1. The Kier molecular flexibility index (Phi) is 3.35. The van der Waals surface area contributed by atoms with Gasteiger partial charge in [-0.05, 0) is 51.0 Å². The van der Waals surface area contributed by atoms with Crippen LogP contribution in [0.3, 0.4) is 0 Å². The van der Waals surface area contributed by atoms with Crippen LogP contribution in [0.15, 0.2) is 24.4 Å². The molecule has 1 heterocycles. The first-order valence-corrected chi connectivity index (χ1v) is 6.36. The maximum absolute atomic E-state index is 13.3. The molecule has 0 saturated carbocycles. The van der Waals surface area contributed by atoms with Crippen LogP contribution in [0, 0.1) is 11.2 Å². The van der Waals surface area contributed by atoms with Gasteiger partial charge in [0.15, 0.2) is 0 Å². The van der Waals surface area contributed by atoms with Crippen molar-refractivity contribution in [2.75, 3.05) is 0 Å². The van der Waals surface area contributed by atoms with Crippen molar-refractivity contribution in [3.63, 3.8) is 0 Å². The molecule has 0 radical (unpaired) electrons. The van der Waals surface area contributed by atoms with E-state index in [1.165, 1.54) is 12.1 Å². The zero-order valence-corrected chi connectivity index (χ0v) is 11.4. The Bertz CT molecular complexity index is 628. The van der Waals surface area contributed by atoms with Gasteiger partial charge in [0.2, 0.25) is 0 Å². The Morgan fingerprint density at radius 1 is 1.42 bits per heavy atom. The number of aromatic nitrogens is 1. The molecule has 0 fully saturated rings. The van der Waals surface area contributed by atoms with Crippen molar-refractivity contribution >= 4 is 16.9 Å². The van der Waals surface area contributed by atoms with Gasteiger partial charge in [0.1, 0.15) is 5.82 Å². The number of nitrogens with zero attached hydrogens (tertiary/aromatic N) is 1. The summed E-state index contributed by atoms with van der Waals surface area (Å²) in [4.78, 5) is 11.2. The molecule has 3 nitrogen and oxygen atoms in total. The maximum Gasteiger partial charge on any atom is 0.309 e. The Hall–Kier alpha value is -1.84. The smallest absolute Gasteiger partial charge is 0.309 e. The second-order valence-electron chi connectivity index (χ2n) is 5.47. The van der Waals surface area contributed by atoms with E-state index >= 15 is 0 Å². The van der Waals surface area contributed by atoms with Gasteiger partial charge in [-0.15, -0.1) is 0 Å². The van der Waals surface area contributed by atoms with E-state index in [1.807, 2.05) is 17.7 Å². The van der Waals surface area contributed by atoms with Crippen LogP contribution >= 0.6 is 0 Å². The fourth-order valence-corrected chi connectivity index (χ4v) is 2.30. The fourth-order valence-electron chi connectivity index (χ4n) is 2.30. The van der Waals surface area contributed by atoms with Gasteiger partial charge < -0.3 is 9.67 Å². The highest BCUT2D eigenvalue weighted by atomic mass is 19.1. The minimum atomic E-state index is -0.832. The van der Waals surface area contributed by atoms with Crippen molar-refractivity contribution in [1.29, 1.82) is 0 Å². The third-order valence-corrected chi connectivity index (χ3v) is 3.48. The SMILES string of the molecule is CCn1cc(CC(C)(C)C(=O)O)c2ccc(F)cc21. The quantitative estimate of drug-likeness (QED) is 0.918. The van der Waals surface area contributed by atoms with E-state index < -0.39 is 11.4 Å². The highest BCUT2D eigenvalue weighted by Gasteiger charge is 2.28. The van der Waals surface area contributed by atoms with Gasteiger partial charge in [-0.3, -0.25) is 4.79 Å². The van der Waals surface area contributed by atoms with Gasteiger partial charge in [0.25, 0.3) is 0 Å². The summed E-state index contributed by atoms with van der Waals surface area (Å²) in [7, 11) is 0. The first kappa shape index (κ1) is 13.6. The molecule has 0 aliphatic rings. The number of carboxylic acid groups (broad SMARTS) is 1. The van der Waals surface area contributed by atoms with E-state index in [9.17, 15) is 14.3 Å². The van der Waals surface area contributed by atoms with Crippen LogP contribution in [0.2, 0.25) is 0 Å². The van der Waals surface area contributed by atoms with Gasteiger partial charge in [0, 0.05) is 18.1 Å². The molecule has 1 aromatic carbocycles. The number of hydrogen-bond acceptors (Lipinski definition) is 1. The fraction of sp³-hybridized carbons (Fsp3) is 0.400. The molecule has 2 aromatic rings. The summed E-state index contributed by atoms with van der Waals surface area (Å²) in [6.45, 7) is 6.12. The predicted octanol–water partition coefficient (Wildman–Crippen LogP) is 3.45. The van der Waals surface area contributed by atoms with Crippen LogP contribution in [0.1, 0.15) is 26.3 Å². The largest absolute Gasteiger partial charge is 0.481 e. The number of halogens is 1. The normalized spacial score (nSPS) is 12.0. The van der Waals surface area contributed by atoms with Crippen LogP contribution in [-0.2, 0) is 17.8 Å². The van der Waals surface area contributed by atoms with Crippen LogP contribution in [0.5, 0.6) is 0 Å². The summed E-state index contributed by atoms with van der Waals surface area (Å²) < 4.78 is 15.3. The molecular weight excluding hydrogens is 245 g/mol. The topological polar surface area (TPSA) is 42.2 Å². The lowest BCUT2D eigenvalue weighted by molar-refractivity contribution is -0.146. The number of aryl methyl sites for hydroxylation is 1. The summed E-state index contributed by atoms with van der Waals surface area (Å²) in [5.74, 6) is -1.10. The second-order valence-corrected chi connectivity index (χ2v) is 5.47. The summed E-state index contributed by atoms with van der Waals surface area (Å²) in [5.41, 5.74) is 0.935. The molecular formula is C15H18FNO2. The lowest BCUT2D eigenvalue weighted by atomic mass is 9.86. The van der Waals surface area contributed by atoms with E-state index in [0.717, 1.165) is 23.0 Å². The number of hydrogen-bond donors (Lipinski definition) is 1. The minimum Gasteiger partial charge on any atom is -0.481 e. The van der Waals surface area contributed by atoms with Gasteiger partial charge in [-0.2, -0.15) is 0 Å². The van der Waals surface area contributed by atoms with Gasteiger partial charge in [-0.25, -0.2) is 4.39 Å². The lowest BCUT2D eigenvalue weighted by Gasteiger charge is -2.18. The van der Waals surface area contributed by atoms with Crippen LogP contribution in [0.25, 0.3) is 10.9 Å². The number of carbonyl (C=O) groups is 1. The van der Waals surface area contributed by atoms with E-state index in [0.29, 0.717) is 6.42 Å². The van der Waals surface area contributed by atoms with Crippen LogP contribution < -0.4 is 0 Å². The standard InChI is InChI=1S/C15H18FNO2/c1-4-17-9-10(8-15(2,3)14(18)19)12-6-5-11(16)7-13(12)17/h5-7,9H,4,8H2,1-3H3,(H,18,19). The van der Waals surface area contributed by atoms with E-state index in [-0.39, 0.29) is 5.82 Å². The molecule has 1 N–H and O–H groups in total. The monoisotopic (exact) mass is 263 g/mol. The summed E-state index contributed by atoms with van der Waals surface area (Å²) >= 11 is 0. The molecule has 0 spiro atoms. The third kappa shape index (κ3) is 2.48. The number of rotatable bonds is 4. The third-order valence-electron chi connectivity index (χ3n) is 3.48. The Morgan fingerprint density at radius 2 is 2.11 bits per heavy atom. The van der Waals surface area contributed by atoms with Gasteiger partial charge in [0.05, 0.1) is 10.9 Å². The maximum atomic E-state index is 13.3. The highest BCUT2D eigenvalue weighted by molar-refractivity contribution is 5.85. The molecule has 0 aliphatic heterocycles. The first-order chi connectivity index (χ1) is 8.85. The van der Waals surface area contributed by atoms with E-state index in [1.54, 1.807) is 19.9 Å². The van der Waals surface area contributed by atoms with Crippen LogP contribution in [-0.4, -0.2) is 15.6 Å². The molecule has 0 aliphatic carbocycles. The lowest BCUT2D eigenvalue weighted by Crippen LogP contribution is -2.26. The Morgan fingerprint density at radius 3 is 2.68 bits per heavy atom. The highest BCUT2D eigenvalue weighted by Crippen LogP contribution is 2.29. The molecule has 0 saturated heterocycles. The van der Waals surface area contributed by atoms with E-state index in [2.05, 4.69) is 0 Å². The average Bonchev–Trinajstić information content (AvgIpc) is 2.66. The Labute approximate surface area is 111 Å². The summed E-state index contributed by atoms with van der Waals surface area (Å²) in [5, 5.41) is 10.1. The number of benzene rings is 1. The zero-order valence-electron chi connectivity index (χ0n) is 11.4. The van der Waals surface area contributed by atoms with Crippen molar-refractivity contribution in [3.8, 4) is 0 Å². The predicted molar refractivity (Wildman–Crippen MR) is 72.7 cm³/mol. The van der Waals surface area contributed by atoms with Crippen molar-refractivity contribution in [2.45, 2.75) is 33.7 Å². The number of fused-ring (bicyclic) bond motifs is 1. The van der Waals surface area contributed by atoms with Crippen molar-refractivity contribution in [2.24, 2.45) is 5.41 Å². The van der Waals surface area contributed by atoms with Crippen molar-refractivity contribution in [3.05, 3.63) is 35.8 Å². The second kappa shape index (κ2) is 4.68. The van der Waals surface area contributed by atoms with Crippen molar-refractivity contribution in [1.82, 2.24) is 4.57 Å². The Balaban J connectivity index is 2.53. The molecule has 0 bridgehead atoms. The molecule has 4 heteroatoms. The van der Waals surface area contributed by atoms with Gasteiger partial charge >= 0.3 is 5.97 Å². The molecule has 19 heavy (non-hydrogen) atoms. The average molecular weight is 263 g/mol. The molecule has 1 aromatic heterocycles. The van der Waals surface area contributed by atoms with Crippen molar-refractivity contribution < 1.29 is 14.3 Å². The first-order valence-electron chi connectivity index (χ1n) is 6.36. The van der Waals surface area contributed by atoms with Gasteiger partial charge in [-0.1, -0.05) is 0 Å². The van der Waals surface area contributed by atoms with E-state index in [4.69, 9.17) is 0 Å². The summed E-state index contributed by atoms with van der Waals surface area (Å²) in [6.07, 6.45) is 2.35. The zero-order chi connectivity index (χ0) is 14.2. The molecule has 0 atom stereocenters. The minimum absolute atomic E-state index is 0.274. The number of carboxylic acids is 1. The molecule has 0 unspecified atom stereocenters. The molecule has 0 amide bonds. The summed E-state index contributed by atoms with van der Waals surface area (Å²) in [6, 6.07) is 4.64. The molecule has 102 valence electrons. The molecule has 2 rings (SSSR count). The van der Waals surface area contributed by atoms with Crippen LogP contribution in [0.4, 0.5) is 4.39 Å².